The zero-order chi connectivity index (χ0) is 17.6. The SMILES string of the molecule is COc1cc(C(COCc2ccccc2)N=[N+]=[N-])c2c(c1C)OCO2. The van der Waals surface area contributed by atoms with Gasteiger partial charge >= 0.3 is 0 Å². The zero-order valence-electron chi connectivity index (χ0n) is 14.1. The molecule has 0 N–H and O–H groups in total. The van der Waals surface area contributed by atoms with Gasteiger partial charge < -0.3 is 18.9 Å². The lowest BCUT2D eigenvalue weighted by atomic mass is 10.0. The average Bonchev–Trinajstić information content (AvgIpc) is 3.13. The molecule has 2 aromatic rings. The van der Waals surface area contributed by atoms with E-state index < -0.39 is 6.04 Å². The monoisotopic (exact) mass is 341 g/mol. The Morgan fingerprint density at radius 2 is 2.00 bits per heavy atom. The molecule has 1 atom stereocenters. The van der Waals surface area contributed by atoms with Gasteiger partial charge in [0.25, 0.3) is 0 Å². The Morgan fingerprint density at radius 3 is 2.72 bits per heavy atom. The van der Waals surface area contributed by atoms with Crippen LogP contribution in [0.1, 0.15) is 22.7 Å². The van der Waals surface area contributed by atoms with E-state index in [1.54, 1.807) is 7.11 Å². The summed E-state index contributed by atoms with van der Waals surface area (Å²) in [5, 5.41) is 3.87. The number of hydrogen-bond donors (Lipinski definition) is 0. The van der Waals surface area contributed by atoms with Crippen molar-refractivity contribution in [2.45, 2.75) is 19.6 Å². The van der Waals surface area contributed by atoms with E-state index in [0.29, 0.717) is 29.4 Å². The molecule has 0 radical (unpaired) electrons. The maximum absolute atomic E-state index is 8.94. The highest BCUT2D eigenvalue weighted by molar-refractivity contribution is 5.60. The molecule has 0 saturated carbocycles. The van der Waals surface area contributed by atoms with Crippen molar-refractivity contribution in [3.63, 3.8) is 0 Å². The molecular formula is C18H19N3O4. The fraction of sp³-hybridized carbons (Fsp3) is 0.333. The molecule has 130 valence electrons. The first-order valence-electron chi connectivity index (χ1n) is 7.87. The van der Waals surface area contributed by atoms with Crippen LogP contribution in [-0.4, -0.2) is 20.5 Å². The maximum Gasteiger partial charge on any atom is 0.231 e. The minimum absolute atomic E-state index is 0.129. The lowest BCUT2D eigenvalue weighted by Gasteiger charge is -2.17. The number of methoxy groups -OCH3 is 1. The standard InChI is InChI=1S/C18H19N3O4/c1-12-16(22-2)8-14(18-17(12)24-11-25-18)15(20-21-19)10-23-9-13-6-4-3-5-7-13/h3-8,15H,9-11H2,1-2H3. The number of hydrogen-bond acceptors (Lipinski definition) is 5. The van der Waals surface area contributed by atoms with Crippen LogP contribution in [0.5, 0.6) is 17.2 Å². The Kier molecular flexibility index (Phi) is 5.28. The number of rotatable bonds is 7. The van der Waals surface area contributed by atoms with Gasteiger partial charge in [-0.05, 0) is 24.1 Å². The molecule has 1 unspecified atom stereocenters. The molecule has 7 heteroatoms. The van der Waals surface area contributed by atoms with Gasteiger partial charge in [-0.25, -0.2) is 0 Å². The number of nitrogens with zero attached hydrogens (tertiary/aromatic N) is 3. The largest absolute Gasteiger partial charge is 0.496 e. The Hall–Kier alpha value is -2.89. The molecule has 0 saturated heterocycles. The third kappa shape index (κ3) is 3.63. The molecule has 0 bridgehead atoms. The molecule has 25 heavy (non-hydrogen) atoms. The smallest absolute Gasteiger partial charge is 0.231 e. The molecule has 1 heterocycles. The Labute approximate surface area is 145 Å². The van der Waals surface area contributed by atoms with E-state index in [9.17, 15) is 0 Å². The van der Waals surface area contributed by atoms with Crippen molar-refractivity contribution < 1.29 is 18.9 Å². The van der Waals surface area contributed by atoms with Gasteiger partial charge in [-0.2, -0.15) is 0 Å². The zero-order valence-corrected chi connectivity index (χ0v) is 14.1. The summed E-state index contributed by atoms with van der Waals surface area (Å²) in [7, 11) is 1.59. The molecule has 1 aliphatic rings. The van der Waals surface area contributed by atoms with Crippen LogP contribution in [0.2, 0.25) is 0 Å². The van der Waals surface area contributed by atoms with Crippen LogP contribution in [0.4, 0.5) is 0 Å². The second-order valence-electron chi connectivity index (χ2n) is 5.58. The quantitative estimate of drug-likeness (QED) is 0.427. The predicted octanol–water partition coefficient (Wildman–Crippen LogP) is 4.30. The molecule has 3 rings (SSSR count). The summed E-state index contributed by atoms with van der Waals surface area (Å²) >= 11 is 0. The molecule has 0 amide bonds. The van der Waals surface area contributed by atoms with Gasteiger partial charge in [0, 0.05) is 16.0 Å². The van der Waals surface area contributed by atoms with Crippen molar-refractivity contribution in [3.05, 3.63) is 63.5 Å². The molecule has 0 spiro atoms. The van der Waals surface area contributed by atoms with E-state index in [1.165, 1.54) is 0 Å². The number of benzene rings is 2. The average molecular weight is 341 g/mol. The second kappa shape index (κ2) is 7.79. The second-order valence-corrected chi connectivity index (χ2v) is 5.58. The number of fused-ring (bicyclic) bond motifs is 1. The van der Waals surface area contributed by atoms with Crippen molar-refractivity contribution in [2.75, 3.05) is 20.5 Å². The summed E-state index contributed by atoms with van der Waals surface area (Å²) in [6.07, 6.45) is 0. The minimum atomic E-state index is -0.543. The van der Waals surface area contributed by atoms with Crippen LogP contribution in [-0.2, 0) is 11.3 Å². The van der Waals surface area contributed by atoms with E-state index in [1.807, 2.05) is 43.3 Å². The van der Waals surface area contributed by atoms with Crippen molar-refractivity contribution in [2.24, 2.45) is 5.11 Å². The number of ether oxygens (including phenoxy) is 4. The van der Waals surface area contributed by atoms with E-state index in [4.69, 9.17) is 24.5 Å². The molecular weight excluding hydrogens is 322 g/mol. The highest BCUT2D eigenvalue weighted by atomic mass is 16.7. The van der Waals surface area contributed by atoms with Crippen molar-refractivity contribution in [3.8, 4) is 17.2 Å². The fourth-order valence-corrected chi connectivity index (χ4v) is 2.77. The van der Waals surface area contributed by atoms with Crippen LogP contribution in [0.3, 0.4) is 0 Å². The van der Waals surface area contributed by atoms with Gasteiger partial charge in [-0.3, -0.25) is 0 Å². The predicted molar refractivity (Wildman–Crippen MR) is 91.8 cm³/mol. The van der Waals surface area contributed by atoms with Gasteiger partial charge in [0.2, 0.25) is 6.79 Å². The van der Waals surface area contributed by atoms with Gasteiger partial charge in [0.1, 0.15) is 5.75 Å². The van der Waals surface area contributed by atoms with Crippen LogP contribution in [0.25, 0.3) is 10.4 Å². The van der Waals surface area contributed by atoms with Crippen LogP contribution in [0.15, 0.2) is 41.5 Å². The van der Waals surface area contributed by atoms with Gasteiger partial charge in [0.05, 0.1) is 26.4 Å². The van der Waals surface area contributed by atoms with Crippen molar-refractivity contribution in [1.82, 2.24) is 0 Å². The Bertz CT molecular complexity index is 789. The van der Waals surface area contributed by atoms with E-state index in [2.05, 4.69) is 10.0 Å². The highest BCUT2D eigenvalue weighted by Gasteiger charge is 2.27. The van der Waals surface area contributed by atoms with Crippen LogP contribution < -0.4 is 14.2 Å². The summed E-state index contributed by atoms with van der Waals surface area (Å²) in [5.41, 5.74) is 11.5. The van der Waals surface area contributed by atoms with Gasteiger partial charge in [-0.15, -0.1) is 0 Å². The molecule has 0 aliphatic carbocycles. The summed E-state index contributed by atoms with van der Waals surface area (Å²) in [5.74, 6) is 1.86. The lowest BCUT2D eigenvalue weighted by Crippen LogP contribution is -2.07. The molecule has 0 aromatic heterocycles. The normalized spacial score (nSPS) is 13.2. The topological polar surface area (TPSA) is 85.7 Å². The van der Waals surface area contributed by atoms with Gasteiger partial charge in [-0.1, -0.05) is 35.4 Å². The van der Waals surface area contributed by atoms with Crippen LogP contribution in [0, 0.1) is 6.92 Å². The Morgan fingerprint density at radius 1 is 1.24 bits per heavy atom. The third-order valence-corrected chi connectivity index (χ3v) is 4.03. The highest BCUT2D eigenvalue weighted by Crippen LogP contribution is 2.46. The minimum Gasteiger partial charge on any atom is -0.496 e. The maximum atomic E-state index is 8.94. The lowest BCUT2D eigenvalue weighted by molar-refractivity contribution is 0.107. The summed E-state index contributed by atoms with van der Waals surface area (Å²) in [6.45, 7) is 2.68. The first-order chi connectivity index (χ1) is 12.2. The van der Waals surface area contributed by atoms with E-state index >= 15 is 0 Å². The molecule has 1 aliphatic heterocycles. The summed E-state index contributed by atoms with van der Waals surface area (Å²) in [6, 6.07) is 11.1. The van der Waals surface area contributed by atoms with Gasteiger partial charge in [0.15, 0.2) is 11.5 Å². The molecule has 2 aromatic carbocycles. The van der Waals surface area contributed by atoms with Crippen molar-refractivity contribution in [1.29, 1.82) is 0 Å². The van der Waals surface area contributed by atoms with Crippen LogP contribution >= 0.6 is 0 Å². The first kappa shape index (κ1) is 17.0. The summed E-state index contributed by atoms with van der Waals surface area (Å²) < 4.78 is 22.3. The van der Waals surface area contributed by atoms with E-state index in [0.717, 1.165) is 11.1 Å². The fourth-order valence-electron chi connectivity index (χ4n) is 2.77. The van der Waals surface area contributed by atoms with E-state index in [-0.39, 0.29) is 13.4 Å². The van der Waals surface area contributed by atoms with Crippen molar-refractivity contribution >= 4 is 0 Å². The molecule has 7 nitrogen and oxygen atoms in total. The first-order valence-corrected chi connectivity index (χ1v) is 7.87. The third-order valence-electron chi connectivity index (χ3n) is 4.03. The summed E-state index contributed by atoms with van der Waals surface area (Å²) in [4.78, 5) is 2.95. The molecule has 0 fully saturated rings. The Balaban J connectivity index is 1.83. The number of azide groups is 1.